The van der Waals surface area contributed by atoms with Gasteiger partial charge in [0.05, 0.1) is 6.10 Å². The van der Waals surface area contributed by atoms with Crippen molar-refractivity contribution in [2.24, 2.45) is 0 Å². The van der Waals surface area contributed by atoms with Crippen LogP contribution in [0, 0.1) is 0 Å². The molecule has 2 aliphatic heterocycles. The van der Waals surface area contributed by atoms with Crippen molar-refractivity contribution in [3.8, 4) is 0 Å². The third-order valence-electron chi connectivity index (χ3n) is 2.89. The number of nitrogens with one attached hydrogen (secondary N) is 1. The van der Waals surface area contributed by atoms with Gasteiger partial charge in [0.25, 0.3) is 0 Å². The normalized spacial score (nSPS) is 37.0. The van der Waals surface area contributed by atoms with Crippen molar-refractivity contribution >= 4 is 11.8 Å². The highest BCUT2D eigenvalue weighted by Crippen LogP contribution is 2.23. The molecule has 78 valence electrons. The molecule has 0 aromatic rings. The quantitative estimate of drug-likeness (QED) is 0.559. The van der Waals surface area contributed by atoms with Crippen molar-refractivity contribution < 1.29 is 14.7 Å². The van der Waals surface area contributed by atoms with Gasteiger partial charge in [0.15, 0.2) is 0 Å². The first kappa shape index (κ1) is 9.45. The Kier molecular flexibility index (Phi) is 2.19. The number of fused-ring (bicyclic) bond motifs is 1. The van der Waals surface area contributed by atoms with E-state index in [9.17, 15) is 14.7 Å². The minimum absolute atomic E-state index is 0.0614. The number of carbonyl (C=O) groups is 2. The summed E-state index contributed by atoms with van der Waals surface area (Å²) in [4.78, 5) is 24.7. The molecule has 0 bridgehead atoms. The molecule has 0 saturated carbocycles. The van der Waals surface area contributed by atoms with E-state index >= 15 is 0 Å². The highest BCUT2D eigenvalue weighted by molar-refractivity contribution is 5.97. The number of nitrogens with zero attached hydrogens (tertiary/aromatic N) is 1. The Balaban J connectivity index is 2.20. The zero-order chi connectivity index (χ0) is 10.3. The minimum atomic E-state index is -0.551. The zero-order valence-electron chi connectivity index (χ0n) is 8.06. The number of hydrogen-bond donors (Lipinski definition) is 2. The van der Waals surface area contributed by atoms with Crippen LogP contribution in [0.2, 0.25) is 0 Å². The largest absolute Gasteiger partial charge is 0.391 e. The molecule has 5 nitrogen and oxygen atoms in total. The van der Waals surface area contributed by atoms with Crippen molar-refractivity contribution in [2.75, 3.05) is 6.54 Å². The lowest BCUT2D eigenvalue weighted by molar-refractivity contribution is -0.147. The minimum Gasteiger partial charge on any atom is -0.391 e. The van der Waals surface area contributed by atoms with Crippen molar-refractivity contribution in [3.63, 3.8) is 0 Å². The fourth-order valence-electron chi connectivity index (χ4n) is 2.11. The lowest BCUT2D eigenvalue weighted by atomic mass is 10.1. The SMILES string of the molecule is CCC1NC(=O)C2CC(O)CN2C1=O. The molecule has 2 fully saturated rings. The molecular formula is C9H14N2O3. The van der Waals surface area contributed by atoms with E-state index in [1.165, 1.54) is 4.90 Å². The number of piperazine rings is 1. The van der Waals surface area contributed by atoms with Crippen molar-refractivity contribution in [1.29, 1.82) is 0 Å². The van der Waals surface area contributed by atoms with Gasteiger partial charge in [-0.25, -0.2) is 0 Å². The lowest BCUT2D eigenvalue weighted by Crippen LogP contribution is -2.60. The van der Waals surface area contributed by atoms with E-state index in [0.29, 0.717) is 19.4 Å². The third kappa shape index (κ3) is 1.28. The molecule has 2 saturated heterocycles. The molecule has 0 spiro atoms. The van der Waals surface area contributed by atoms with E-state index in [2.05, 4.69) is 5.32 Å². The Morgan fingerprint density at radius 2 is 2.29 bits per heavy atom. The predicted molar refractivity (Wildman–Crippen MR) is 48.3 cm³/mol. The monoisotopic (exact) mass is 198 g/mol. The van der Waals surface area contributed by atoms with Gasteiger partial charge in [-0.3, -0.25) is 9.59 Å². The first-order chi connectivity index (χ1) is 6.63. The first-order valence-electron chi connectivity index (χ1n) is 4.92. The van der Waals surface area contributed by atoms with E-state index < -0.39 is 18.2 Å². The summed E-state index contributed by atoms with van der Waals surface area (Å²) in [6.07, 6.45) is 0.419. The number of hydrogen-bond acceptors (Lipinski definition) is 3. The van der Waals surface area contributed by atoms with E-state index in [1.807, 2.05) is 6.92 Å². The Bertz CT molecular complexity index is 279. The van der Waals surface area contributed by atoms with Gasteiger partial charge in [-0.05, 0) is 6.42 Å². The maximum Gasteiger partial charge on any atom is 0.245 e. The summed E-state index contributed by atoms with van der Waals surface area (Å²) in [6.45, 7) is 2.16. The van der Waals surface area contributed by atoms with Gasteiger partial charge in [-0.2, -0.15) is 0 Å². The summed E-state index contributed by atoms with van der Waals surface area (Å²) in [5.41, 5.74) is 0. The smallest absolute Gasteiger partial charge is 0.245 e. The highest BCUT2D eigenvalue weighted by Gasteiger charge is 2.45. The van der Waals surface area contributed by atoms with Crippen LogP contribution < -0.4 is 5.32 Å². The molecule has 14 heavy (non-hydrogen) atoms. The second kappa shape index (κ2) is 3.24. The van der Waals surface area contributed by atoms with Crippen LogP contribution in [0.3, 0.4) is 0 Å². The van der Waals surface area contributed by atoms with Gasteiger partial charge in [0, 0.05) is 13.0 Å². The van der Waals surface area contributed by atoms with Crippen molar-refractivity contribution in [2.45, 2.75) is 38.0 Å². The molecule has 3 atom stereocenters. The summed E-state index contributed by atoms with van der Waals surface area (Å²) in [7, 11) is 0. The Labute approximate surface area is 82.1 Å². The Morgan fingerprint density at radius 3 is 2.93 bits per heavy atom. The summed E-state index contributed by atoms with van der Waals surface area (Å²) < 4.78 is 0. The highest BCUT2D eigenvalue weighted by atomic mass is 16.3. The third-order valence-corrected chi connectivity index (χ3v) is 2.89. The Hall–Kier alpha value is -1.10. The fraction of sp³-hybridized carbons (Fsp3) is 0.778. The summed E-state index contributed by atoms with van der Waals surface area (Å²) in [5, 5.41) is 12.0. The molecule has 2 N–H and O–H groups in total. The van der Waals surface area contributed by atoms with Crippen LogP contribution in [0.1, 0.15) is 19.8 Å². The Morgan fingerprint density at radius 1 is 1.57 bits per heavy atom. The van der Waals surface area contributed by atoms with Gasteiger partial charge in [-0.1, -0.05) is 6.92 Å². The molecule has 2 amide bonds. The number of aliphatic hydroxyl groups is 1. The number of rotatable bonds is 1. The average Bonchev–Trinajstić information content (AvgIpc) is 2.54. The van der Waals surface area contributed by atoms with Crippen LogP contribution in [-0.4, -0.2) is 46.6 Å². The molecule has 0 radical (unpaired) electrons. The van der Waals surface area contributed by atoms with Crippen molar-refractivity contribution in [3.05, 3.63) is 0 Å². The van der Waals surface area contributed by atoms with Crippen molar-refractivity contribution in [1.82, 2.24) is 10.2 Å². The number of carbonyl (C=O) groups excluding carboxylic acids is 2. The van der Waals surface area contributed by atoms with E-state index in [4.69, 9.17) is 0 Å². The summed E-state index contributed by atoms with van der Waals surface area (Å²) in [5.74, 6) is -0.193. The van der Waals surface area contributed by atoms with Crippen LogP contribution >= 0.6 is 0 Å². The lowest BCUT2D eigenvalue weighted by Gasteiger charge is -2.33. The van der Waals surface area contributed by atoms with E-state index in [0.717, 1.165) is 0 Å². The van der Waals surface area contributed by atoms with Crippen LogP contribution in [0.4, 0.5) is 0 Å². The van der Waals surface area contributed by atoms with Gasteiger partial charge in [0.2, 0.25) is 11.8 Å². The van der Waals surface area contributed by atoms with Gasteiger partial charge in [-0.15, -0.1) is 0 Å². The molecule has 2 aliphatic rings. The standard InChI is InChI=1S/C9H14N2O3/c1-2-6-9(14)11-4-5(12)3-7(11)8(13)10-6/h5-7,12H,2-4H2,1H3,(H,10,13). The van der Waals surface area contributed by atoms with E-state index in [1.54, 1.807) is 0 Å². The first-order valence-corrected chi connectivity index (χ1v) is 4.92. The van der Waals surface area contributed by atoms with Crippen LogP contribution in [0.5, 0.6) is 0 Å². The molecule has 2 heterocycles. The molecular weight excluding hydrogens is 184 g/mol. The predicted octanol–water partition coefficient (Wildman–Crippen LogP) is -1.14. The maximum atomic E-state index is 11.7. The second-order valence-electron chi connectivity index (χ2n) is 3.87. The molecule has 2 rings (SSSR count). The van der Waals surface area contributed by atoms with E-state index in [-0.39, 0.29) is 11.8 Å². The maximum absolute atomic E-state index is 11.7. The summed E-state index contributed by atoms with van der Waals surface area (Å²) >= 11 is 0. The average molecular weight is 198 g/mol. The molecule has 3 unspecified atom stereocenters. The topological polar surface area (TPSA) is 69.6 Å². The number of amides is 2. The zero-order valence-corrected chi connectivity index (χ0v) is 8.06. The molecule has 0 aromatic heterocycles. The summed E-state index contributed by atoms with van der Waals surface area (Å²) in [6, 6.07) is -0.843. The molecule has 0 aromatic carbocycles. The van der Waals surface area contributed by atoms with Gasteiger partial charge < -0.3 is 15.3 Å². The van der Waals surface area contributed by atoms with Crippen LogP contribution in [0.15, 0.2) is 0 Å². The molecule has 5 heteroatoms. The van der Waals surface area contributed by atoms with Gasteiger partial charge in [0.1, 0.15) is 12.1 Å². The molecule has 0 aliphatic carbocycles. The van der Waals surface area contributed by atoms with Crippen LogP contribution in [-0.2, 0) is 9.59 Å². The van der Waals surface area contributed by atoms with Crippen LogP contribution in [0.25, 0.3) is 0 Å². The fourth-order valence-corrected chi connectivity index (χ4v) is 2.11. The second-order valence-corrected chi connectivity index (χ2v) is 3.87. The number of aliphatic hydroxyl groups excluding tert-OH is 1. The van der Waals surface area contributed by atoms with Gasteiger partial charge >= 0.3 is 0 Å².